The molecule has 0 aliphatic rings. The Balaban J connectivity index is 2.90. The Morgan fingerprint density at radius 2 is 1.90 bits per heavy atom. The number of sulfonamides is 1. The van der Waals surface area contributed by atoms with Crippen LogP contribution in [-0.4, -0.2) is 48.3 Å². The van der Waals surface area contributed by atoms with Crippen molar-refractivity contribution in [2.45, 2.75) is 32.2 Å². The van der Waals surface area contributed by atoms with Gasteiger partial charge in [0.15, 0.2) is 0 Å². The lowest BCUT2D eigenvalue weighted by Gasteiger charge is -2.07. The second kappa shape index (κ2) is 6.68. The molecule has 0 saturated carbocycles. The van der Waals surface area contributed by atoms with Crippen molar-refractivity contribution in [1.29, 1.82) is 0 Å². The van der Waals surface area contributed by atoms with E-state index in [1.54, 1.807) is 0 Å². The average Bonchev–Trinajstić information content (AvgIpc) is 2.59. The summed E-state index contributed by atoms with van der Waals surface area (Å²) in [7, 11) is -3.81. The average molecular weight is 318 g/mol. The van der Waals surface area contributed by atoms with E-state index in [-0.39, 0.29) is 35.3 Å². The van der Waals surface area contributed by atoms with E-state index in [9.17, 15) is 18.0 Å². The van der Waals surface area contributed by atoms with Gasteiger partial charge in [0.1, 0.15) is 11.4 Å². The summed E-state index contributed by atoms with van der Waals surface area (Å²) in [6, 6.07) is 0. The molecule has 9 nitrogen and oxygen atoms in total. The number of aromatic nitrogens is 2. The van der Waals surface area contributed by atoms with E-state index < -0.39 is 22.5 Å². The lowest BCUT2D eigenvalue weighted by atomic mass is 10.4. The van der Waals surface area contributed by atoms with E-state index in [0.717, 1.165) is 4.68 Å². The number of carbonyl (C=O) groups is 2. The minimum atomic E-state index is -3.81. The SMILES string of the molecule is CC(=O)NCCNS(=O)(=O)c1c(C)nn(CC(=O)O)c1C. The van der Waals surface area contributed by atoms with Crippen LogP contribution in [-0.2, 0) is 26.2 Å². The summed E-state index contributed by atoms with van der Waals surface area (Å²) in [4.78, 5) is 21.4. The smallest absolute Gasteiger partial charge is 0.325 e. The van der Waals surface area contributed by atoms with Gasteiger partial charge >= 0.3 is 5.97 Å². The zero-order valence-corrected chi connectivity index (χ0v) is 12.8. The molecule has 1 aromatic heterocycles. The first-order chi connectivity index (χ1) is 9.65. The molecule has 0 saturated heterocycles. The highest BCUT2D eigenvalue weighted by Crippen LogP contribution is 2.18. The normalized spacial score (nSPS) is 11.4. The minimum absolute atomic E-state index is 0.0326. The Morgan fingerprint density at radius 3 is 2.43 bits per heavy atom. The van der Waals surface area contributed by atoms with Crippen molar-refractivity contribution in [3.05, 3.63) is 11.4 Å². The van der Waals surface area contributed by atoms with Gasteiger partial charge in [0.25, 0.3) is 0 Å². The number of nitrogens with zero attached hydrogens (tertiary/aromatic N) is 2. The van der Waals surface area contributed by atoms with Crippen LogP contribution < -0.4 is 10.0 Å². The molecule has 0 atom stereocenters. The Hall–Kier alpha value is -1.94. The van der Waals surface area contributed by atoms with Gasteiger partial charge in [0, 0.05) is 20.0 Å². The minimum Gasteiger partial charge on any atom is -0.480 e. The maximum Gasteiger partial charge on any atom is 0.325 e. The van der Waals surface area contributed by atoms with Crippen molar-refractivity contribution in [2.75, 3.05) is 13.1 Å². The fourth-order valence-electron chi connectivity index (χ4n) is 1.85. The second-order valence-corrected chi connectivity index (χ2v) is 6.14. The van der Waals surface area contributed by atoms with Crippen molar-refractivity contribution >= 4 is 21.9 Å². The van der Waals surface area contributed by atoms with Crippen molar-refractivity contribution < 1.29 is 23.1 Å². The number of nitrogens with one attached hydrogen (secondary N) is 2. The maximum absolute atomic E-state index is 12.2. The number of carboxylic acids is 1. The predicted molar refractivity (Wildman–Crippen MR) is 73.2 cm³/mol. The lowest BCUT2D eigenvalue weighted by molar-refractivity contribution is -0.138. The number of aryl methyl sites for hydroxylation is 1. The van der Waals surface area contributed by atoms with E-state index in [4.69, 9.17) is 5.11 Å². The molecule has 1 rings (SSSR count). The van der Waals surface area contributed by atoms with Crippen LogP contribution in [0.2, 0.25) is 0 Å². The van der Waals surface area contributed by atoms with Crippen LogP contribution in [0.4, 0.5) is 0 Å². The van der Waals surface area contributed by atoms with E-state index >= 15 is 0 Å². The summed E-state index contributed by atoms with van der Waals surface area (Å²) in [5, 5.41) is 15.1. The molecule has 21 heavy (non-hydrogen) atoms. The largest absolute Gasteiger partial charge is 0.480 e. The molecule has 3 N–H and O–H groups in total. The van der Waals surface area contributed by atoms with Gasteiger partial charge in [-0.3, -0.25) is 14.3 Å². The zero-order valence-electron chi connectivity index (χ0n) is 12.0. The van der Waals surface area contributed by atoms with Gasteiger partial charge in [-0.25, -0.2) is 13.1 Å². The van der Waals surface area contributed by atoms with Gasteiger partial charge < -0.3 is 10.4 Å². The van der Waals surface area contributed by atoms with E-state index in [2.05, 4.69) is 15.1 Å². The summed E-state index contributed by atoms with van der Waals surface area (Å²) in [6.07, 6.45) is 0. The van der Waals surface area contributed by atoms with Crippen LogP contribution in [0.1, 0.15) is 18.3 Å². The molecular weight excluding hydrogens is 300 g/mol. The summed E-state index contributed by atoms with van der Waals surface area (Å²) < 4.78 is 27.8. The van der Waals surface area contributed by atoms with Crippen LogP contribution in [0.25, 0.3) is 0 Å². The molecule has 0 unspecified atom stereocenters. The molecule has 0 bridgehead atoms. The number of amides is 1. The monoisotopic (exact) mass is 318 g/mol. The number of hydrogen-bond acceptors (Lipinski definition) is 5. The Kier molecular flexibility index (Phi) is 5.44. The molecule has 1 aromatic rings. The highest BCUT2D eigenvalue weighted by molar-refractivity contribution is 7.89. The molecule has 0 spiro atoms. The van der Waals surface area contributed by atoms with E-state index in [1.807, 2.05) is 0 Å². The number of carboxylic acid groups (broad SMARTS) is 1. The van der Waals surface area contributed by atoms with Gasteiger partial charge in [-0.15, -0.1) is 0 Å². The Morgan fingerprint density at radius 1 is 1.29 bits per heavy atom. The van der Waals surface area contributed by atoms with Crippen molar-refractivity contribution in [3.8, 4) is 0 Å². The van der Waals surface area contributed by atoms with Gasteiger partial charge in [-0.05, 0) is 13.8 Å². The third-order valence-electron chi connectivity index (χ3n) is 2.66. The van der Waals surface area contributed by atoms with Gasteiger partial charge in [0.05, 0.1) is 11.4 Å². The molecule has 1 heterocycles. The van der Waals surface area contributed by atoms with Crippen molar-refractivity contribution in [3.63, 3.8) is 0 Å². The van der Waals surface area contributed by atoms with Crippen LogP contribution in [0.3, 0.4) is 0 Å². The summed E-state index contributed by atoms with van der Waals surface area (Å²) in [5.74, 6) is -1.36. The Labute approximate surface area is 122 Å². The Bertz CT molecular complexity index is 650. The van der Waals surface area contributed by atoms with Crippen LogP contribution in [0.15, 0.2) is 4.90 Å². The fourth-order valence-corrected chi connectivity index (χ4v) is 3.29. The molecule has 0 aromatic carbocycles. The molecule has 10 heteroatoms. The van der Waals surface area contributed by atoms with Gasteiger partial charge in [-0.2, -0.15) is 5.10 Å². The molecular formula is C11H18N4O5S. The third kappa shape index (κ3) is 4.53. The highest BCUT2D eigenvalue weighted by atomic mass is 32.2. The van der Waals surface area contributed by atoms with Crippen molar-refractivity contribution in [2.24, 2.45) is 0 Å². The van der Waals surface area contributed by atoms with E-state index in [0.29, 0.717) is 0 Å². The summed E-state index contributed by atoms with van der Waals surface area (Å²) >= 11 is 0. The molecule has 0 aliphatic heterocycles. The van der Waals surface area contributed by atoms with E-state index in [1.165, 1.54) is 20.8 Å². The molecule has 0 aliphatic carbocycles. The van der Waals surface area contributed by atoms with Gasteiger partial charge in [-0.1, -0.05) is 0 Å². The second-order valence-electron chi connectivity index (χ2n) is 4.43. The molecule has 0 radical (unpaired) electrons. The highest BCUT2D eigenvalue weighted by Gasteiger charge is 2.24. The molecule has 0 fully saturated rings. The number of rotatable bonds is 7. The first-order valence-corrected chi connectivity index (χ1v) is 7.63. The molecule has 1 amide bonds. The maximum atomic E-state index is 12.2. The number of aliphatic carboxylic acids is 1. The quantitative estimate of drug-likeness (QED) is 0.553. The summed E-state index contributed by atoms with van der Waals surface area (Å²) in [6.45, 7) is 4.10. The van der Waals surface area contributed by atoms with Crippen LogP contribution in [0.5, 0.6) is 0 Å². The van der Waals surface area contributed by atoms with Crippen LogP contribution >= 0.6 is 0 Å². The van der Waals surface area contributed by atoms with Crippen LogP contribution in [0, 0.1) is 13.8 Å². The number of carbonyl (C=O) groups excluding carboxylic acids is 1. The number of hydrogen-bond donors (Lipinski definition) is 3. The zero-order chi connectivity index (χ0) is 16.2. The standard InChI is InChI=1S/C11H18N4O5S/c1-7-11(8(2)15(14-7)6-10(17)18)21(19,20)13-5-4-12-9(3)16/h13H,4-6H2,1-3H3,(H,12,16)(H,17,18). The third-order valence-corrected chi connectivity index (χ3v) is 4.37. The predicted octanol–water partition coefficient (Wildman–Crippen LogP) is -1.00. The topological polar surface area (TPSA) is 130 Å². The van der Waals surface area contributed by atoms with Gasteiger partial charge in [0.2, 0.25) is 15.9 Å². The lowest BCUT2D eigenvalue weighted by Crippen LogP contribution is -2.34. The first kappa shape index (κ1) is 17.1. The fraction of sp³-hybridized carbons (Fsp3) is 0.545. The first-order valence-electron chi connectivity index (χ1n) is 6.15. The summed E-state index contributed by atoms with van der Waals surface area (Å²) in [5.41, 5.74) is 0.475. The van der Waals surface area contributed by atoms with Crippen molar-refractivity contribution in [1.82, 2.24) is 19.8 Å². The molecule has 118 valence electrons.